The summed E-state index contributed by atoms with van der Waals surface area (Å²) in [6, 6.07) is 12.1. The molecule has 150 valence electrons. The molecule has 1 amide bonds. The predicted octanol–water partition coefficient (Wildman–Crippen LogP) is 3.27. The minimum atomic E-state index is -0.0453. The molecule has 7 nitrogen and oxygen atoms in total. The molecule has 0 bridgehead atoms. The zero-order valence-electron chi connectivity index (χ0n) is 16.2. The van der Waals surface area contributed by atoms with Crippen LogP contribution in [0.25, 0.3) is 11.4 Å². The summed E-state index contributed by atoms with van der Waals surface area (Å²) in [5, 5.41) is 12.3. The minimum Gasteiger partial charge on any atom is -0.492 e. The van der Waals surface area contributed by atoms with Gasteiger partial charge in [-0.3, -0.25) is 14.3 Å². The molecule has 1 aliphatic carbocycles. The summed E-state index contributed by atoms with van der Waals surface area (Å²) in [5.74, 6) is 1.88. The lowest BCUT2D eigenvalue weighted by Crippen LogP contribution is -2.29. The number of nitrogens with zero attached hydrogens (tertiary/aromatic N) is 4. The number of carbonyl (C=O) groups excluding carboxylic acids is 1. The second kappa shape index (κ2) is 9.09. The first-order valence-electron chi connectivity index (χ1n) is 9.65. The van der Waals surface area contributed by atoms with Gasteiger partial charge in [-0.05, 0) is 49.6 Å². The average Bonchev–Trinajstić information content (AvgIpc) is 3.49. The second-order valence-electron chi connectivity index (χ2n) is 6.95. The van der Waals surface area contributed by atoms with Gasteiger partial charge in [-0.15, -0.1) is 10.2 Å². The fourth-order valence-electron chi connectivity index (χ4n) is 2.97. The van der Waals surface area contributed by atoms with E-state index >= 15 is 0 Å². The number of thioether (sulfide) groups is 1. The number of aryl methyl sites for hydroxylation is 1. The lowest BCUT2D eigenvalue weighted by Gasteiger charge is -2.09. The summed E-state index contributed by atoms with van der Waals surface area (Å²) in [4.78, 5) is 16.4. The van der Waals surface area contributed by atoms with Crippen molar-refractivity contribution in [2.45, 2.75) is 31.0 Å². The average molecular weight is 410 g/mol. The third kappa shape index (κ3) is 5.14. The van der Waals surface area contributed by atoms with Crippen LogP contribution >= 0.6 is 11.8 Å². The van der Waals surface area contributed by atoms with Crippen molar-refractivity contribution < 1.29 is 9.53 Å². The van der Waals surface area contributed by atoms with Crippen molar-refractivity contribution in [2.24, 2.45) is 0 Å². The van der Waals surface area contributed by atoms with Gasteiger partial charge in [-0.2, -0.15) is 0 Å². The number of hydrogen-bond acceptors (Lipinski definition) is 6. The van der Waals surface area contributed by atoms with E-state index in [2.05, 4.69) is 25.1 Å². The largest absolute Gasteiger partial charge is 0.492 e. The van der Waals surface area contributed by atoms with Gasteiger partial charge in [0.15, 0.2) is 11.0 Å². The molecule has 0 unspecified atom stereocenters. The molecule has 8 heteroatoms. The van der Waals surface area contributed by atoms with Crippen LogP contribution in [0.2, 0.25) is 0 Å². The van der Waals surface area contributed by atoms with Crippen LogP contribution in [0.1, 0.15) is 24.4 Å². The summed E-state index contributed by atoms with van der Waals surface area (Å²) in [7, 11) is 0. The number of aromatic nitrogens is 4. The van der Waals surface area contributed by atoms with Crippen LogP contribution in [-0.4, -0.2) is 44.6 Å². The standard InChI is InChI=1S/C21H23N5O2S/c1-15-4-2-6-18(12-15)28-11-10-23-19(27)14-29-21-25-24-20(26(21)17-7-8-17)16-5-3-9-22-13-16/h2-6,9,12-13,17H,7-8,10-11,14H2,1H3,(H,23,27). The molecule has 1 fully saturated rings. The van der Waals surface area contributed by atoms with Gasteiger partial charge >= 0.3 is 0 Å². The Kier molecular flexibility index (Phi) is 6.09. The summed E-state index contributed by atoms with van der Waals surface area (Å²) in [5.41, 5.74) is 2.09. The highest BCUT2D eigenvalue weighted by Gasteiger charge is 2.30. The number of amides is 1. The molecule has 4 rings (SSSR count). The highest BCUT2D eigenvalue weighted by atomic mass is 32.2. The molecule has 0 spiro atoms. The Labute approximate surface area is 173 Å². The Hall–Kier alpha value is -2.87. The van der Waals surface area contributed by atoms with E-state index in [1.807, 2.05) is 43.3 Å². The van der Waals surface area contributed by atoms with Crippen molar-refractivity contribution in [1.82, 2.24) is 25.1 Å². The second-order valence-corrected chi connectivity index (χ2v) is 7.90. The molecule has 0 aliphatic heterocycles. The van der Waals surface area contributed by atoms with Crippen LogP contribution < -0.4 is 10.1 Å². The minimum absolute atomic E-state index is 0.0453. The third-order valence-corrected chi connectivity index (χ3v) is 5.45. The van der Waals surface area contributed by atoms with E-state index in [0.717, 1.165) is 40.7 Å². The third-order valence-electron chi connectivity index (χ3n) is 4.51. The first kappa shape index (κ1) is 19.4. The van der Waals surface area contributed by atoms with Gasteiger partial charge in [0.1, 0.15) is 12.4 Å². The Balaban J connectivity index is 1.28. The van der Waals surface area contributed by atoms with Gasteiger partial charge in [0.25, 0.3) is 0 Å². The summed E-state index contributed by atoms with van der Waals surface area (Å²) < 4.78 is 7.79. The molecule has 1 saturated carbocycles. The van der Waals surface area contributed by atoms with E-state index in [1.165, 1.54) is 11.8 Å². The van der Waals surface area contributed by atoms with Crippen molar-refractivity contribution in [3.8, 4) is 17.1 Å². The summed E-state index contributed by atoms with van der Waals surface area (Å²) in [6.45, 7) is 2.92. The van der Waals surface area contributed by atoms with Crippen LogP contribution in [0.4, 0.5) is 0 Å². The Bertz CT molecular complexity index is 972. The molecule has 0 atom stereocenters. The number of pyridine rings is 1. The van der Waals surface area contributed by atoms with E-state index in [0.29, 0.717) is 24.9 Å². The maximum atomic E-state index is 12.2. The zero-order chi connectivity index (χ0) is 20.1. The number of nitrogens with one attached hydrogen (secondary N) is 1. The predicted molar refractivity (Wildman–Crippen MR) is 112 cm³/mol. The van der Waals surface area contributed by atoms with Gasteiger partial charge in [0.2, 0.25) is 5.91 Å². The highest BCUT2D eigenvalue weighted by molar-refractivity contribution is 7.99. The normalized spacial score (nSPS) is 13.3. The van der Waals surface area contributed by atoms with Crippen LogP contribution in [-0.2, 0) is 4.79 Å². The fraction of sp³-hybridized carbons (Fsp3) is 0.333. The molecule has 0 radical (unpaired) electrons. The monoisotopic (exact) mass is 409 g/mol. The topological polar surface area (TPSA) is 81.9 Å². The Morgan fingerprint density at radius 2 is 2.17 bits per heavy atom. The van der Waals surface area contributed by atoms with Gasteiger partial charge in [-0.25, -0.2) is 0 Å². The lowest BCUT2D eigenvalue weighted by molar-refractivity contribution is -0.118. The molecule has 1 N–H and O–H groups in total. The lowest BCUT2D eigenvalue weighted by atomic mass is 10.2. The molecule has 29 heavy (non-hydrogen) atoms. The van der Waals surface area contributed by atoms with Crippen molar-refractivity contribution in [2.75, 3.05) is 18.9 Å². The summed E-state index contributed by atoms with van der Waals surface area (Å²) in [6.07, 6.45) is 5.75. The first-order valence-corrected chi connectivity index (χ1v) is 10.6. The maximum Gasteiger partial charge on any atom is 0.230 e. The molecule has 1 aliphatic rings. The first-order chi connectivity index (χ1) is 14.2. The molecule has 0 saturated heterocycles. The van der Waals surface area contributed by atoms with Gasteiger partial charge in [-0.1, -0.05) is 23.9 Å². The molecular formula is C21H23N5O2S. The molecule has 2 heterocycles. The van der Waals surface area contributed by atoms with Crippen molar-refractivity contribution in [3.63, 3.8) is 0 Å². The number of ether oxygens (including phenoxy) is 1. The smallest absolute Gasteiger partial charge is 0.230 e. The van der Waals surface area contributed by atoms with Crippen molar-refractivity contribution >= 4 is 17.7 Å². The number of benzene rings is 1. The Morgan fingerprint density at radius 3 is 2.93 bits per heavy atom. The molecular weight excluding hydrogens is 386 g/mol. The van der Waals surface area contributed by atoms with E-state index in [4.69, 9.17) is 4.74 Å². The van der Waals surface area contributed by atoms with E-state index in [1.54, 1.807) is 12.4 Å². The summed E-state index contributed by atoms with van der Waals surface area (Å²) >= 11 is 1.41. The van der Waals surface area contributed by atoms with Crippen molar-refractivity contribution in [3.05, 3.63) is 54.4 Å². The fourth-order valence-corrected chi connectivity index (χ4v) is 3.81. The number of hydrogen-bond donors (Lipinski definition) is 1. The van der Waals surface area contributed by atoms with E-state index in [-0.39, 0.29) is 5.91 Å². The van der Waals surface area contributed by atoms with Crippen LogP contribution in [0.15, 0.2) is 53.9 Å². The number of rotatable bonds is 9. The molecule has 2 aromatic heterocycles. The Morgan fingerprint density at radius 1 is 1.28 bits per heavy atom. The van der Waals surface area contributed by atoms with Crippen LogP contribution in [0.5, 0.6) is 5.75 Å². The molecule has 3 aromatic rings. The molecule has 1 aromatic carbocycles. The van der Waals surface area contributed by atoms with E-state index in [9.17, 15) is 4.79 Å². The van der Waals surface area contributed by atoms with Crippen LogP contribution in [0, 0.1) is 6.92 Å². The maximum absolute atomic E-state index is 12.2. The van der Waals surface area contributed by atoms with Crippen LogP contribution in [0.3, 0.4) is 0 Å². The van der Waals surface area contributed by atoms with Gasteiger partial charge in [0.05, 0.1) is 12.3 Å². The van der Waals surface area contributed by atoms with Gasteiger partial charge in [0, 0.05) is 24.0 Å². The SMILES string of the molecule is Cc1cccc(OCCNC(=O)CSc2nnc(-c3cccnc3)n2C2CC2)c1. The quantitative estimate of drug-likeness (QED) is 0.431. The van der Waals surface area contributed by atoms with E-state index < -0.39 is 0 Å². The van der Waals surface area contributed by atoms with Crippen molar-refractivity contribution in [1.29, 1.82) is 0 Å². The van der Waals surface area contributed by atoms with Gasteiger partial charge < -0.3 is 10.1 Å². The highest BCUT2D eigenvalue weighted by Crippen LogP contribution is 2.40. The number of carbonyl (C=O) groups is 1. The zero-order valence-corrected chi connectivity index (χ0v) is 17.1.